The Morgan fingerprint density at radius 1 is 1.19 bits per heavy atom. The largest absolute Gasteiger partial charge is 0.490 e. The number of rotatable bonds is 9. The van der Waals surface area contributed by atoms with Crippen molar-refractivity contribution in [3.63, 3.8) is 0 Å². The van der Waals surface area contributed by atoms with Crippen LogP contribution in [0.3, 0.4) is 0 Å². The van der Waals surface area contributed by atoms with Crippen molar-refractivity contribution >= 4 is 0 Å². The number of hydrogen-bond donors (Lipinski definition) is 2. The van der Waals surface area contributed by atoms with E-state index < -0.39 is 5.60 Å². The van der Waals surface area contributed by atoms with Crippen LogP contribution < -0.4 is 14.8 Å². The Balaban J connectivity index is 2.68. The van der Waals surface area contributed by atoms with E-state index in [1.807, 2.05) is 25.1 Å². The highest BCUT2D eigenvalue weighted by Crippen LogP contribution is 2.29. The highest BCUT2D eigenvalue weighted by Gasteiger charge is 2.12. The highest BCUT2D eigenvalue weighted by molar-refractivity contribution is 5.43. The van der Waals surface area contributed by atoms with Crippen LogP contribution in [0.4, 0.5) is 0 Å². The van der Waals surface area contributed by atoms with Crippen molar-refractivity contribution in [2.75, 3.05) is 19.8 Å². The summed E-state index contributed by atoms with van der Waals surface area (Å²) >= 11 is 0. The third kappa shape index (κ3) is 7.34. The Morgan fingerprint density at radius 2 is 1.90 bits per heavy atom. The van der Waals surface area contributed by atoms with Gasteiger partial charge in [-0.15, -0.1) is 0 Å². The van der Waals surface area contributed by atoms with Gasteiger partial charge < -0.3 is 19.9 Å². The van der Waals surface area contributed by atoms with E-state index in [1.54, 1.807) is 13.8 Å². The van der Waals surface area contributed by atoms with Crippen molar-refractivity contribution in [3.8, 4) is 11.5 Å². The molecule has 0 aliphatic heterocycles. The first-order valence-electron chi connectivity index (χ1n) is 7.63. The number of benzene rings is 1. The predicted octanol–water partition coefficient (Wildman–Crippen LogP) is 2.98. The maximum atomic E-state index is 9.69. The van der Waals surface area contributed by atoms with Crippen LogP contribution in [0.25, 0.3) is 0 Å². The van der Waals surface area contributed by atoms with Crippen LogP contribution in [0.1, 0.15) is 40.2 Å². The highest BCUT2D eigenvalue weighted by atomic mass is 16.5. The Kier molecular flexibility index (Phi) is 6.99. The van der Waals surface area contributed by atoms with Gasteiger partial charge in [-0.05, 0) is 44.4 Å². The summed E-state index contributed by atoms with van der Waals surface area (Å²) in [6.07, 6.45) is 0. The van der Waals surface area contributed by atoms with E-state index in [0.29, 0.717) is 32.2 Å². The van der Waals surface area contributed by atoms with Gasteiger partial charge in [0.1, 0.15) is 0 Å². The molecule has 1 rings (SSSR count). The van der Waals surface area contributed by atoms with Crippen LogP contribution in [0.5, 0.6) is 11.5 Å². The lowest BCUT2D eigenvalue weighted by atomic mass is 10.1. The van der Waals surface area contributed by atoms with Gasteiger partial charge in [0.25, 0.3) is 0 Å². The summed E-state index contributed by atoms with van der Waals surface area (Å²) in [6.45, 7) is 12.3. The fourth-order valence-electron chi connectivity index (χ4n) is 1.82. The second-order valence-corrected chi connectivity index (χ2v) is 6.33. The van der Waals surface area contributed by atoms with Gasteiger partial charge in [0.2, 0.25) is 0 Å². The fourth-order valence-corrected chi connectivity index (χ4v) is 1.82. The average molecular weight is 295 g/mol. The number of nitrogens with one attached hydrogen (secondary N) is 1. The van der Waals surface area contributed by atoms with Gasteiger partial charge in [0, 0.05) is 13.1 Å². The first-order chi connectivity index (χ1) is 9.81. The monoisotopic (exact) mass is 295 g/mol. The second kappa shape index (κ2) is 8.25. The minimum Gasteiger partial charge on any atom is -0.490 e. The summed E-state index contributed by atoms with van der Waals surface area (Å²) in [6, 6.07) is 5.97. The van der Waals surface area contributed by atoms with Crippen molar-refractivity contribution in [1.29, 1.82) is 0 Å². The van der Waals surface area contributed by atoms with Crippen molar-refractivity contribution in [2.24, 2.45) is 5.92 Å². The number of hydrogen-bond acceptors (Lipinski definition) is 4. The van der Waals surface area contributed by atoms with Crippen LogP contribution in [0.2, 0.25) is 0 Å². The van der Waals surface area contributed by atoms with Crippen LogP contribution in [0, 0.1) is 5.92 Å². The molecule has 0 aromatic heterocycles. The third-order valence-corrected chi connectivity index (χ3v) is 2.77. The Morgan fingerprint density at radius 3 is 2.48 bits per heavy atom. The van der Waals surface area contributed by atoms with E-state index in [9.17, 15) is 5.11 Å². The molecule has 1 aromatic rings. The van der Waals surface area contributed by atoms with Crippen molar-refractivity contribution in [2.45, 2.75) is 46.8 Å². The van der Waals surface area contributed by atoms with Gasteiger partial charge in [0.05, 0.1) is 18.8 Å². The first kappa shape index (κ1) is 17.8. The summed E-state index contributed by atoms with van der Waals surface area (Å²) in [5, 5.41) is 12.9. The molecular weight excluding hydrogens is 266 g/mol. The van der Waals surface area contributed by atoms with E-state index in [-0.39, 0.29) is 0 Å². The van der Waals surface area contributed by atoms with E-state index in [2.05, 4.69) is 19.2 Å². The summed E-state index contributed by atoms with van der Waals surface area (Å²) in [5.74, 6) is 2.05. The van der Waals surface area contributed by atoms with E-state index in [4.69, 9.17) is 9.47 Å². The van der Waals surface area contributed by atoms with Gasteiger partial charge in [0.15, 0.2) is 11.5 Å². The van der Waals surface area contributed by atoms with Crippen molar-refractivity contribution < 1.29 is 14.6 Å². The Labute approximate surface area is 128 Å². The molecule has 4 nitrogen and oxygen atoms in total. The fraction of sp³-hybridized carbons (Fsp3) is 0.647. The topological polar surface area (TPSA) is 50.7 Å². The molecule has 0 saturated carbocycles. The molecule has 21 heavy (non-hydrogen) atoms. The van der Waals surface area contributed by atoms with Gasteiger partial charge in [-0.25, -0.2) is 0 Å². The van der Waals surface area contributed by atoms with Gasteiger partial charge >= 0.3 is 0 Å². The average Bonchev–Trinajstić information content (AvgIpc) is 2.36. The Bertz CT molecular complexity index is 425. The molecule has 0 bridgehead atoms. The molecule has 0 fully saturated rings. The van der Waals surface area contributed by atoms with Crippen LogP contribution in [-0.4, -0.2) is 30.5 Å². The molecule has 0 heterocycles. The molecule has 4 heteroatoms. The molecule has 0 saturated heterocycles. The predicted molar refractivity (Wildman–Crippen MR) is 85.9 cm³/mol. The second-order valence-electron chi connectivity index (χ2n) is 6.33. The molecule has 120 valence electrons. The smallest absolute Gasteiger partial charge is 0.161 e. The van der Waals surface area contributed by atoms with Gasteiger partial charge in [-0.1, -0.05) is 19.9 Å². The van der Waals surface area contributed by atoms with Crippen molar-refractivity contribution in [1.82, 2.24) is 5.32 Å². The zero-order chi connectivity index (χ0) is 15.9. The van der Waals surface area contributed by atoms with Gasteiger partial charge in [-0.2, -0.15) is 0 Å². The SMILES string of the molecule is CCOc1cc(CNCC(C)(C)O)ccc1OCC(C)C. The van der Waals surface area contributed by atoms with Crippen molar-refractivity contribution in [3.05, 3.63) is 23.8 Å². The molecule has 0 aliphatic carbocycles. The molecule has 0 radical (unpaired) electrons. The summed E-state index contributed by atoms with van der Waals surface area (Å²) in [5.41, 5.74) is 0.405. The number of aliphatic hydroxyl groups is 1. The molecule has 0 aliphatic rings. The maximum absolute atomic E-state index is 9.69. The quantitative estimate of drug-likeness (QED) is 0.735. The van der Waals surface area contributed by atoms with Crippen LogP contribution in [-0.2, 0) is 6.54 Å². The minimum absolute atomic E-state index is 0.479. The molecule has 0 atom stereocenters. The molecule has 0 spiro atoms. The number of ether oxygens (including phenoxy) is 2. The molecular formula is C17H29NO3. The molecule has 1 aromatic carbocycles. The van der Waals surface area contributed by atoms with Gasteiger partial charge in [-0.3, -0.25) is 0 Å². The standard InChI is InChI=1S/C17H29NO3/c1-6-20-16-9-14(10-18-12-17(4,5)19)7-8-15(16)21-11-13(2)3/h7-9,13,18-19H,6,10-12H2,1-5H3. The molecule has 0 unspecified atom stereocenters. The lowest BCUT2D eigenvalue weighted by molar-refractivity contribution is 0.0795. The van der Waals surface area contributed by atoms with E-state index >= 15 is 0 Å². The van der Waals surface area contributed by atoms with E-state index in [0.717, 1.165) is 17.1 Å². The normalized spacial score (nSPS) is 11.8. The summed E-state index contributed by atoms with van der Waals surface area (Å²) in [4.78, 5) is 0. The zero-order valence-electron chi connectivity index (χ0n) is 13.9. The first-order valence-corrected chi connectivity index (χ1v) is 7.63. The molecule has 2 N–H and O–H groups in total. The lowest BCUT2D eigenvalue weighted by Crippen LogP contribution is -2.34. The zero-order valence-corrected chi connectivity index (χ0v) is 13.9. The Hall–Kier alpha value is -1.26. The summed E-state index contributed by atoms with van der Waals surface area (Å²) < 4.78 is 11.4. The van der Waals surface area contributed by atoms with Crippen LogP contribution in [0.15, 0.2) is 18.2 Å². The lowest BCUT2D eigenvalue weighted by Gasteiger charge is -2.18. The summed E-state index contributed by atoms with van der Waals surface area (Å²) in [7, 11) is 0. The molecule has 0 amide bonds. The maximum Gasteiger partial charge on any atom is 0.161 e. The van der Waals surface area contributed by atoms with E-state index in [1.165, 1.54) is 0 Å². The minimum atomic E-state index is -0.705. The van der Waals surface area contributed by atoms with Crippen LogP contribution >= 0.6 is 0 Å². The third-order valence-electron chi connectivity index (χ3n) is 2.77.